The molecule has 0 saturated heterocycles. The normalized spacial score (nSPS) is 11.5. The highest BCUT2D eigenvalue weighted by atomic mass is 32.2. The van der Waals surface area contributed by atoms with Gasteiger partial charge in [0.2, 0.25) is 5.95 Å². The van der Waals surface area contributed by atoms with E-state index in [-0.39, 0.29) is 11.0 Å². The fraction of sp³-hybridized carbons (Fsp3) is 0.143. The highest BCUT2D eigenvalue weighted by molar-refractivity contribution is 7.92. The van der Waals surface area contributed by atoms with E-state index in [1.807, 2.05) is 0 Å². The predicted molar refractivity (Wildman–Crippen MR) is 52.7 cm³/mol. The van der Waals surface area contributed by atoms with Gasteiger partial charge in [0.15, 0.2) is 5.03 Å². The summed E-state index contributed by atoms with van der Waals surface area (Å²) in [4.78, 5) is 12.8. The number of imidazole rings is 2. The Morgan fingerprint density at radius 3 is 2.73 bits per heavy atom. The molecule has 0 spiro atoms. The third kappa shape index (κ3) is 1.99. The minimum atomic E-state index is -3.62. The van der Waals surface area contributed by atoms with Crippen molar-refractivity contribution in [1.82, 2.24) is 19.9 Å². The molecule has 0 radical (unpaired) electrons. The molecular formula is C7H9N5O2S. The molecule has 0 unspecified atom stereocenters. The number of nitrogens with one attached hydrogen (secondary N) is 3. The number of sulfonamides is 1. The molecule has 0 aromatic carbocycles. The van der Waals surface area contributed by atoms with Crippen LogP contribution in [0.3, 0.4) is 0 Å². The Balaban J connectivity index is 2.28. The lowest BCUT2D eigenvalue weighted by Crippen LogP contribution is -2.14. The van der Waals surface area contributed by atoms with Crippen molar-refractivity contribution in [3.8, 4) is 0 Å². The summed E-state index contributed by atoms with van der Waals surface area (Å²) in [5, 5.41) is 0.0106. The first-order valence-corrected chi connectivity index (χ1v) is 5.60. The molecule has 0 aliphatic carbocycles. The zero-order valence-electron chi connectivity index (χ0n) is 7.85. The first-order valence-electron chi connectivity index (χ1n) is 4.12. The molecule has 3 N–H and O–H groups in total. The summed E-state index contributed by atoms with van der Waals surface area (Å²) < 4.78 is 25.6. The standard InChI is InChI=1S/C7H9N5O2S/c1-5-10-4-6(11-5)15(13,14)12-7-8-2-3-9-7/h2-4H,1H3,(H,10,11)(H2,8,9,12). The molecule has 2 rings (SSSR count). The Hall–Kier alpha value is -1.83. The van der Waals surface area contributed by atoms with Gasteiger partial charge in [-0.1, -0.05) is 0 Å². The second-order valence-corrected chi connectivity index (χ2v) is 4.53. The van der Waals surface area contributed by atoms with Crippen molar-refractivity contribution in [3.05, 3.63) is 24.4 Å². The van der Waals surface area contributed by atoms with Crippen molar-refractivity contribution in [2.45, 2.75) is 11.9 Å². The third-order valence-electron chi connectivity index (χ3n) is 1.70. The largest absolute Gasteiger partial charge is 0.332 e. The van der Waals surface area contributed by atoms with Crippen LogP contribution in [0.15, 0.2) is 23.6 Å². The zero-order valence-corrected chi connectivity index (χ0v) is 8.67. The highest BCUT2D eigenvalue weighted by Gasteiger charge is 2.17. The molecule has 2 aromatic rings. The molecule has 15 heavy (non-hydrogen) atoms. The van der Waals surface area contributed by atoms with Crippen LogP contribution in [0, 0.1) is 6.92 Å². The Morgan fingerprint density at radius 1 is 1.40 bits per heavy atom. The van der Waals surface area contributed by atoms with Gasteiger partial charge in [-0.3, -0.25) is 0 Å². The number of aromatic nitrogens is 4. The van der Waals surface area contributed by atoms with Crippen LogP contribution in [0.5, 0.6) is 0 Å². The number of aryl methyl sites for hydroxylation is 1. The van der Waals surface area contributed by atoms with E-state index in [1.165, 1.54) is 18.6 Å². The molecule has 0 fully saturated rings. The van der Waals surface area contributed by atoms with Gasteiger partial charge in [-0.15, -0.1) is 0 Å². The second-order valence-electron chi connectivity index (χ2n) is 2.88. The van der Waals surface area contributed by atoms with Gasteiger partial charge in [-0.2, -0.15) is 8.42 Å². The van der Waals surface area contributed by atoms with E-state index in [1.54, 1.807) is 6.92 Å². The fourth-order valence-corrected chi connectivity index (χ4v) is 1.99. The average Bonchev–Trinajstić information content (AvgIpc) is 2.75. The number of hydrogen-bond donors (Lipinski definition) is 3. The Morgan fingerprint density at radius 2 is 2.20 bits per heavy atom. The third-order valence-corrected chi connectivity index (χ3v) is 2.95. The van der Waals surface area contributed by atoms with Gasteiger partial charge in [-0.25, -0.2) is 14.7 Å². The molecular weight excluding hydrogens is 218 g/mol. The predicted octanol–water partition coefficient (Wildman–Crippen LogP) is 0.242. The zero-order chi connectivity index (χ0) is 10.9. The lowest BCUT2D eigenvalue weighted by molar-refractivity contribution is 0.597. The first kappa shape index (κ1) is 9.71. The van der Waals surface area contributed by atoms with Crippen LogP contribution >= 0.6 is 0 Å². The monoisotopic (exact) mass is 227 g/mol. The fourth-order valence-electron chi connectivity index (χ4n) is 1.04. The summed E-state index contributed by atoms with van der Waals surface area (Å²) in [5.74, 6) is 0.706. The van der Waals surface area contributed by atoms with E-state index in [2.05, 4.69) is 24.7 Å². The maximum Gasteiger partial charge on any atom is 0.281 e. The van der Waals surface area contributed by atoms with Gasteiger partial charge < -0.3 is 9.97 Å². The van der Waals surface area contributed by atoms with Crippen molar-refractivity contribution in [2.75, 3.05) is 4.72 Å². The molecule has 0 amide bonds. The van der Waals surface area contributed by atoms with E-state index < -0.39 is 10.0 Å². The van der Waals surface area contributed by atoms with Gasteiger partial charge in [0, 0.05) is 12.4 Å². The lowest BCUT2D eigenvalue weighted by atomic mass is 10.8. The lowest BCUT2D eigenvalue weighted by Gasteiger charge is -2.01. The second kappa shape index (κ2) is 3.39. The molecule has 0 atom stereocenters. The molecule has 7 nitrogen and oxygen atoms in total. The van der Waals surface area contributed by atoms with E-state index in [9.17, 15) is 8.42 Å². The van der Waals surface area contributed by atoms with Gasteiger partial charge in [0.1, 0.15) is 5.82 Å². The summed E-state index contributed by atoms with van der Waals surface area (Å²) in [7, 11) is -3.62. The first-order chi connectivity index (χ1) is 7.08. The topological polar surface area (TPSA) is 104 Å². The van der Waals surface area contributed by atoms with Gasteiger partial charge in [0.05, 0.1) is 6.20 Å². The number of nitrogens with zero attached hydrogens (tertiary/aromatic N) is 2. The van der Waals surface area contributed by atoms with Crippen LogP contribution in [-0.4, -0.2) is 28.4 Å². The Kier molecular flexibility index (Phi) is 2.19. The van der Waals surface area contributed by atoms with Crippen molar-refractivity contribution < 1.29 is 8.42 Å². The summed E-state index contributed by atoms with van der Waals surface area (Å²) in [6, 6.07) is 0. The summed E-state index contributed by atoms with van der Waals surface area (Å²) in [5.41, 5.74) is 0. The van der Waals surface area contributed by atoms with Crippen molar-refractivity contribution in [3.63, 3.8) is 0 Å². The van der Waals surface area contributed by atoms with Crippen molar-refractivity contribution >= 4 is 16.0 Å². The van der Waals surface area contributed by atoms with Crippen molar-refractivity contribution in [2.24, 2.45) is 0 Å². The average molecular weight is 227 g/mol. The van der Waals surface area contributed by atoms with Crippen LogP contribution in [0.1, 0.15) is 5.82 Å². The van der Waals surface area contributed by atoms with Gasteiger partial charge >= 0.3 is 0 Å². The van der Waals surface area contributed by atoms with E-state index in [4.69, 9.17) is 0 Å². The molecule has 0 aliphatic heterocycles. The number of H-pyrrole nitrogens is 2. The van der Waals surface area contributed by atoms with Crippen LogP contribution in [-0.2, 0) is 10.0 Å². The Bertz CT molecular complexity index is 542. The van der Waals surface area contributed by atoms with Crippen LogP contribution in [0.2, 0.25) is 0 Å². The molecule has 0 aliphatic rings. The number of hydrogen-bond acceptors (Lipinski definition) is 4. The molecule has 0 saturated carbocycles. The van der Waals surface area contributed by atoms with Crippen LogP contribution in [0.25, 0.3) is 0 Å². The van der Waals surface area contributed by atoms with Crippen LogP contribution in [0.4, 0.5) is 5.95 Å². The molecule has 0 bridgehead atoms. The Labute approximate surface area is 86.0 Å². The SMILES string of the molecule is Cc1ncc(S(=O)(=O)Nc2ncc[nH]2)[nH]1. The number of aromatic amines is 2. The summed E-state index contributed by atoms with van der Waals surface area (Å²) >= 11 is 0. The molecule has 80 valence electrons. The minimum absolute atomic E-state index is 0.0106. The van der Waals surface area contributed by atoms with Crippen molar-refractivity contribution in [1.29, 1.82) is 0 Å². The van der Waals surface area contributed by atoms with E-state index in [0.29, 0.717) is 5.82 Å². The minimum Gasteiger partial charge on any atom is -0.332 e. The maximum atomic E-state index is 11.7. The van der Waals surface area contributed by atoms with Gasteiger partial charge in [-0.05, 0) is 6.92 Å². The van der Waals surface area contributed by atoms with E-state index >= 15 is 0 Å². The molecule has 8 heteroatoms. The molecule has 2 aromatic heterocycles. The molecule has 2 heterocycles. The van der Waals surface area contributed by atoms with Gasteiger partial charge in [0.25, 0.3) is 10.0 Å². The maximum absolute atomic E-state index is 11.7. The quantitative estimate of drug-likeness (QED) is 0.698. The number of anilines is 1. The van der Waals surface area contributed by atoms with Crippen LogP contribution < -0.4 is 4.72 Å². The summed E-state index contributed by atoms with van der Waals surface area (Å²) in [6.45, 7) is 1.67. The summed E-state index contributed by atoms with van der Waals surface area (Å²) in [6.07, 6.45) is 4.23. The van der Waals surface area contributed by atoms with E-state index in [0.717, 1.165) is 0 Å². The number of rotatable bonds is 3. The smallest absolute Gasteiger partial charge is 0.281 e. The highest BCUT2D eigenvalue weighted by Crippen LogP contribution is 2.09.